The fourth-order valence-corrected chi connectivity index (χ4v) is 6.06. The summed E-state index contributed by atoms with van der Waals surface area (Å²) in [6, 6.07) is 13.2. The first-order valence-electron chi connectivity index (χ1n) is 9.88. The van der Waals surface area contributed by atoms with Crippen LogP contribution >= 0.6 is 22.9 Å². The normalized spacial score (nSPS) is 15.0. The fourth-order valence-electron chi connectivity index (χ4n) is 3.43. The Hall–Kier alpha value is -2.59. The molecule has 4 rings (SSSR count). The van der Waals surface area contributed by atoms with E-state index in [-0.39, 0.29) is 42.8 Å². The summed E-state index contributed by atoms with van der Waals surface area (Å²) in [4.78, 5) is 30.9. The van der Waals surface area contributed by atoms with Crippen LogP contribution in [0.15, 0.2) is 59.6 Å². The third-order valence-electron chi connectivity index (χ3n) is 5.25. The van der Waals surface area contributed by atoms with Gasteiger partial charge in [0.1, 0.15) is 9.88 Å². The minimum atomic E-state index is -3.70. The predicted octanol–water partition coefficient (Wildman–Crippen LogP) is 3.81. The topological polar surface area (TPSA) is 87.7 Å². The first-order chi connectivity index (χ1) is 15.3. The number of carbonyl (C=O) groups is 2. The molecule has 0 N–H and O–H groups in total. The molecule has 1 aliphatic rings. The van der Waals surface area contributed by atoms with E-state index in [4.69, 9.17) is 11.6 Å². The molecule has 2 heterocycles. The number of hydrogen-bond acceptors (Lipinski definition) is 6. The molecule has 1 saturated heterocycles. The highest BCUT2D eigenvalue weighted by atomic mass is 35.5. The van der Waals surface area contributed by atoms with Crippen LogP contribution in [0.25, 0.3) is 10.6 Å². The molecule has 0 unspecified atom stereocenters. The van der Waals surface area contributed by atoms with Crippen LogP contribution in [0, 0.1) is 0 Å². The van der Waals surface area contributed by atoms with Crippen LogP contribution in [0.5, 0.6) is 0 Å². The lowest BCUT2D eigenvalue weighted by atomic mass is 10.2. The van der Waals surface area contributed by atoms with Gasteiger partial charge in [0.15, 0.2) is 5.78 Å². The SMILES string of the molecule is CC(=O)c1ccc(S(=O)(=O)N2CCN(C(=O)c3cnc(-c4ccccc4Cl)s3)CC2)cc1. The lowest BCUT2D eigenvalue weighted by Crippen LogP contribution is -2.50. The van der Waals surface area contributed by atoms with E-state index in [0.717, 1.165) is 5.56 Å². The molecule has 1 fully saturated rings. The molecule has 7 nitrogen and oxygen atoms in total. The summed E-state index contributed by atoms with van der Waals surface area (Å²) in [7, 11) is -3.70. The molecule has 32 heavy (non-hydrogen) atoms. The van der Waals surface area contributed by atoms with E-state index in [9.17, 15) is 18.0 Å². The maximum Gasteiger partial charge on any atom is 0.265 e. The van der Waals surface area contributed by atoms with E-state index in [2.05, 4.69) is 4.98 Å². The van der Waals surface area contributed by atoms with Crippen LogP contribution in [-0.4, -0.2) is 60.5 Å². The highest BCUT2D eigenvalue weighted by Crippen LogP contribution is 2.31. The Balaban J connectivity index is 1.43. The molecule has 10 heteroatoms. The number of carbonyl (C=O) groups excluding carboxylic acids is 2. The Labute approximate surface area is 195 Å². The molecular weight excluding hydrogens is 470 g/mol. The molecule has 166 valence electrons. The average molecular weight is 490 g/mol. The fraction of sp³-hybridized carbons (Fsp3) is 0.227. The molecule has 0 aliphatic carbocycles. The second-order valence-corrected chi connectivity index (χ2v) is 10.7. The zero-order valence-corrected chi connectivity index (χ0v) is 19.6. The van der Waals surface area contributed by atoms with Crippen LogP contribution in [0.2, 0.25) is 5.02 Å². The van der Waals surface area contributed by atoms with Crippen molar-refractivity contribution in [3.8, 4) is 10.6 Å². The summed E-state index contributed by atoms with van der Waals surface area (Å²) in [6.45, 7) is 2.38. The Kier molecular flexibility index (Phi) is 6.43. The molecule has 0 atom stereocenters. The summed E-state index contributed by atoms with van der Waals surface area (Å²) >= 11 is 7.48. The smallest absolute Gasteiger partial charge is 0.265 e. The number of amides is 1. The van der Waals surface area contributed by atoms with Gasteiger partial charge in [-0.2, -0.15) is 4.31 Å². The van der Waals surface area contributed by atoms with Gasteiger partial charge < -0.3 is 4.90 Å². The molecular formula is C22H20ClN3O4S2. The van der Waals surface area contributed by atoms with Crippen molar-refractivity contribution in [2.45, 2.75) is 11.8 Å². The highest BCUT2D eigenvalue weighted by molar-refractivity contribution is 7.89. The van der Waals surface area contributed by atoms with Gasteiger partial charge in [-0.1, -0.05) is 41.9 Å². The van der Waals surface area contributed by atoms with Gasteiger partial charge in [-0.15, -0.1) is 11.3 Å². The van der Waals surface area contributed by atoms with E-state index in [1.54, 1.807) is 11.0 Å². The molecule has 1 aliphatic heterocycles. The number of ketones is 1. The number of nitrogens with zero attached hydrogens (tertiary/aromatic N) is 3. The highest BCUT2D eigenvalue weighted by Gasteiger charge is 2.31. The zero-order chi connectivity index (χ0) is 22.9. The van der Waals surface area contributed by atoms with E-state index in [1.807, 2.05) is 18.2 Å². The van der Waals surface area contributed by atoms with Crippen LogP contribution in [0.1, 0.15) is 27.0 Å². The van der Waals surface area contributed by atoms with Crippen molar-refractivity contribution in [2.24, 2.45) is 0 Å². The number of rotatable bonds is 5. The van der Waals surface area contributed by atoms with Gasteiger partial charge in [0, 0.05) is 37.3 Å². The van der Waals surface area contributed by atoms with Gasteiger partial charge in [-0.3, -0.25) is 9.59 Å². The van der Waals surface area contributed by atoms with Crippen molar-refractivity contribution in [1.29, 1.82) is 0 Å². The quantitative estimate of drug-likeness (QED) is 0.508. The summed E-state index contributed by atoms with van der Waals surface area (Å²) in [5, 5.41) is 1.23. The number of halogens is 1. The number of sulfonamides is 1. The second-order valence-electron chi connectivity index (χ2n) is 7.29. The largest absolute Gasteiger partial charge is 0.335 e. The Bertz CT molecular complexity index is 1260. The van der Waals surface area contributed by atoms with E-state index in [0.29, 0.717) is 20.5 Å². The van der Waals surface area contributed by atoms with Crippen molar-refractivity contribution in [2.75, 3.05) is 26.2 Å². The van der Waals surface area contributed by atoms with Gasteiger partial charge in [-0.05, 0) is 25.1 Å². The first kappa shape index (κ1) is 22.6. The van der Waals surface area contributed by atoms with Crippen LogP contribution < -0.4 is 0 Å². The van der Waals surface area contributed by atoms with Gasteiger partial charge in [0.2, 0.25) is 10.0 Å². The maximum atomic E-state index is 12.9. The number of benzene rings is 2. The van der Waals surface area contributed by atoms with Gasteiger partial charge in [0.05, 0.1) is 16.1 Å². The van der Waals surface area contributed by atoms with Gasteiger partial charge in [-0.25, -0.2) is 13.4 Å². The first-order valence-corrected chi connectivity index (χ1v) is 12.5. The molecule has 0 bridgehead atoms. The molecule has 0 saturated carbocycles. The lowest BCUT2D eigenvalue weighted by molar-refractivity contribution is 0.0702. The van der Waals surface area contributed by atoms with Crippen LogP contribution in [0.3, 0.4) is 0 Å². The Morgan fingerprint density at radius 1 is 1.00 bits per heavy atom. The van der Waals surface area contributed by atoms with Crippen molar-refractivity contribution >= 4 is 44.7 Å². The maximum absolute atomic E-state index is 12.9. The van der Waals surface area contributed by atoms with Gasteiger partial charge in [0.25, 0.3) is 5.91 Å². The van der Waals surface area contributed by atoms with Crippen molar-refractivity contribution in [3.05, 3.63) is 70.2 Å². The number of piperazine rings is 1. The summed E-state index contributed by atoms with van der Waals surface area (Å²) in [5.41, 5.74) is 1.23. The van der Waals surface area contributed by atoms with Crippen LogP contribution in [0.4, 0.5) is 0 Å². The molecule has 0 spiro atoms. The van der Waals surface area contributed by atoms with Crippen molar-refractivity contribution in [3.63, 3.8) is 0 Å². The number of thiazole rings is 1. The molecule has 3 aromatic rings. The van der Waals surface area contributed by atoms with E-state index < -0.39 is 10.0 Å². The number of aromatic nitrogens is 1. The third-order valence-corrected chi connectivity index (χ3v) is 8.51. The van der Waals surface area contributed by atoms with Crippen molar-refractivity contribution in [1.82, 2.24) is 14.2 Å². The molecule has 1 amide bonds. The minimum absolute atomic E-state index is 0.123. The number of hydrogen-bond donors (Lipinski definition) is 0. The summed E-state index contributed by atoms with van der Waals surface area (Å²) < 4.78 is 27.2. The van der Waals surface area contributed by atoms with Gasteiger partial charge >= 0.3 is 0 Å². The van der Waals surface area contributed by atoms with Crippen LogP contribution in [-0.2, 0) is 10.0 Å². The third kappa shape index (κ3) is 4.47. The second kappa shape index (κ2) is 9.11. The predicted molar refractivity (Wildman–Crippen MR) is 124 cm³/mol. The average Bonchev–Trinajstić information content (AvgIpc) is 3.29. The monoisotopic (exact) mass is 489 g/mol. The molecule has 2 aromatic carbocycles. The summed E-state index contributed by atoms with van der Waals surface area (Å²) in [6.07, 6.45) is 1.53. The minimum Gasteiger partial charge on any atom is -0.335 e. The molecule has 1 aromatic heterocycles. The number of Topliss-reactive ketones (excluding diaryl/α,β-unsaturated/α-hetero) is 1. The van der Waals surface area contributed by atoms with E-state index >= 15 is 0 Å². The lowest BCUT2D eigenvalue weighted by Gasteiger charge is -2.33. The molecule has 0 radical (unpaired) electrons. The Morgan fingerprint density at radius 2 is 1.66 bits per heavy atom. The standard InChI is InChI=1S/C22H20ClN3O4S2/c1-15(27)16-6-8-17(9-7-16)32(29,30)26-12-10-25(11-13-26)22(28)20-14-24-21(31-20)18-4-2-3-5-19(18)23/h2-9,14H,10-13H2,1H3. The van der Waals surface area contributed by atoms with Crippen molar-refractivity contribution < 1.29 is 18.0 Å². The summed E-state index contributed by atoms with van der Waals surface area (Å²) in [5.74, 6) is -0.300. The van der Waals surface area contributed by atoms with E-state index in [1.165, 1.54) is 53.0 Å². The Morgan fingerprint density at radius 3 is 2.28 bits per heavy atom. The zero-order valence-electron chi connectivity index (χ0n) is 17.2.